The number of hydrogen-bond acceptors (Lipinski definition) is 1. The van der Waals surface area contributed by atoms with Crippen LogP contribution in [-0.4, -0.2) is 6.61 Å². The third-order valence-electron chi connectivity index (χ3n) is 2.19. The van der Waals surface area contributed by atoms with Gasteiger partial charge in [0.1, 0.15) is 5.75 Å². The van der Waals surface area contributed by atoms with Gasteiger partial charge in [-0.05, 0) is 30.9 Å². The van der Waals surface area contributed by atoms with Crippen molar-refractivity contribution in [2.24, 2.45) is 5.92 Å². The van der Waals surface area contributed by atoms with Gasteiger partial charge in [0.2, 0.25) is 0 Å². The minimum atomic E-state index is 0.812. The van der Waals surface area contributed by atoms with Gasteiger partial charge >= 0.3 is 0 Å². The van der Waals surface area contributed by atoms with Crippen LogP contribution in [0.1, 0.15) is 33.1 Å². The lowest BCUT2D eigenvalue weighted by Crippen LogP contribution is -1.98. The average molecular weight is 192 g/mol. The second-order valence-corrected chi connectivity index (χ2v) is 4.05. The average Bonchev–Trinajstić information content (AvgIpc) is 2.18. The van der Waals surface area contributed by atoms with E-state index in [-0.39, 0.29) is 0 Å². The van der Waals surface area contributed by atoms with Crippen LogP contribution >= 0.6 is 0 Å². The Morgan fingerprint density at radius 2 is 1.79 bits per heavy atom. The SMILES string of the molecule is CC(C)CCCCOc1ccccc1. The summed E-state index contributed by atoms with van der Waals surface area (Å²) in [5, 5.41) is 0. The molecule has 0 saturated heterocycles. The molecule has 1 nitrogen and oxygen atoms in total. The van der Waals surface area contributed by atoms with E-state index in [1.165, 1.54) is 12.8 Å². The van der Waals surface area contributed by atoms with Crippen molar-refractivity contribution in [2.75, 3.05) is 6.61 Å². The van der Waals surface area contributed by atoms with Gasteiger partial charge < -0.3 is 4.74 Å². The summed E-state index contributed by atoms with van der Waals surface area (Å²) >= 11 is 0. The molecule has 0 unspecified atom stereocenters. The van der Waals surface area contributed by atoms with Gasteiger partial charge in [-0.25, -0.2) is 0 Å². The predicted octanol–water partition coefficient (Wildman–Crippen LogP) is 3.89. The Bertz CT molecular complexity index is 228. The number of rotatable bonds is 6. The van der Waals surface area contributed by atoms with Crippen LogP contribution in [0, 0.1) is 5.92 Å². The maximum atomic E-state index is 5.59. The van der Waals surface area contributed by atoms with E-state index in [2.05, 4.69) is 13.8 Å². The van der Waals surface area contributed by atoms with Gasteiger partial charge in [-0.15, -0.1) is 0 Å². The Morgan fingerprint density at radius 1 is 1.07 bits per heavy atom. The fourth-order valence-corrected chi connectivity index (χ4v) is 1.36. The molecule has 0 aliphatic carbocycles. The lowest BCUT2D eigenvalue weighted by molar-refractivity contribution is 0.301. The lowest BCUT2D eigenvalue weighted by atomic mass is 10.1. The van der Waals surface area contributed by atoms with Crippen LogP contribution in [0.25, 0.3) is 0 Å². The quantitative estimate of drug-likeness (QED) is 0.621. The van der Waals surface area contributed by atoms with Crippen LogP contribution in [0.15, 0.2) is 30.3 Å². The molecule has 1 aromatic carbocycles. The molecule has 0 saturated carbocycles. The van der Waals surface area contributed by atoms with Gasteiger partial charge in [-0.3, -0.25) is 0 Å². The molecular formula is C13H20O. The molecule has 0 spiro atoms. The second-order valence-electron chi connectivity index (χ2n) is 4.05. The molecular weight excluding hydrogens is 172 g/mol. The van der Waals surface area contributed by atoms with Crippen molar-refractivity contribution in [3.05, 3.63) is 30.3 Å². The standard InChI is InChI=1S/C13H20O/c1-12(2)8-6-7-11-14-13-9-4-3-5-10-13/h3-5,9-10,12H,6-8,11H2,1-2H3. The highest BCUT2D eigenvalue weighted by molar-refractivity contribution is 5.20. The molecule has 0 fully saturated rings. The molecule has 0 bridgehead atoms. The second kappa shape index (κ2) is 6.47. The maximum Gasteiger partial charge on any atom is 0.119 e. The highest BCUT2D eigenvalue weighted by Gasteiger charge is 1.95. The van der Waals surface area contributed by atoms with Gasteiger partial charge in [-0.1, -0.05) is 38.5 Å². The van der Waals surface area contributed by atoms with E-state index in [0.29, 0.717) is 0 Å². The van der Waals surface area contributed by atoms with E-state index in [0.717, 1.165) is 24.7 Å². The highest BCUT2D eigenvalue weighted by Crippen LogP contribution is 2.10. The zero-order valence-corrected chi connectivity index (χ0v) is 9.20. The van der Waals surface area contributed by atoms with Crippen molar-refractivity contribution >= 4 is 0 Å². The van der Waals surface area contributed by atoms with Crippen LogP contribution in [0.2, 0.25) is 0 Å². The first-order valence-corrected chi connectivity index (χ1v) is 5.47. The van der Waals surface area contributed by atoms with Crippen LogP contribution in [-0.2, 0) is 0 Å². The van der Waals surface area contributed by atoms with Crippen molar-refractivity contribution in [1.82, 2.24) is 0 Å². The summed E-state index contributed by atoms with van der Waals surface area (Å²) < 4.78 is 5.59. The zero-order chi connectivity index (χ0) is 10.2. The third kappa shape index (κ3) is 4.90. The van der Waals surface area contributed by atoms with E-state index < -0.39 is 0 Å². The van der Waals surface area contributed by atoms with Crippen LogP contribution in [0.5, 0.6) is 5.75 Å². The van der Waals surface area contributed by atoms with E-state index in [4.69, 9.17) is 4.74 Å². The first-order valence-electron chi connectivity index (χ1n) is 5.47. The molecule has 0 N–H and O–H groups in total. The summed E-state index contributed by atoms with van der Waals surface area (Å²) in [4.78, 5) is 0. The van der Waals surface area contributed by atoms with Crippen molar-refractivity contribution in [3.63, 3.8) is 0 Å². The molecule has 78 valence electrons. The Balaban J connectivity index is 2.05. The molecule has 14 heavy (non-hydrogen) atoms. The molecule has 0 aliphatic rings. The summed E-state index contributed by atoms with van der Waals surface area (Å²) in [6, 6.07) is 10.0. The van der Waals surface area contributed by atoms with Crippen molar-refractivity contribution in [2.45, 2.75) is 33.1 Å². The Labute approximate surface area is 87.1 Å². The fraction of sp³-hybridized carbons (Fsp3) is 0.538. The third-order valence-corrected chi connectivity index (χ3v) is 2.19. The van der Waals surface area contributed by atoms with Crippen molar-refractivity contribution in [1.29, 1.82) is 0 Å². The van der Waals surface area contributed by atoms with Gasteiger partial charge in [0, 0.05) is 0 Å². The molecule has 0 amide bonds. The molecule has 1 aromatic rings. The van der Waals surface area contributed by atoms with E-state index in [1.807, 2.05) is 30.3 Å². The monoisotopic (exact) mass is 192 g/mol. The Kier molecular flexibility index (Phi) is 5.13. The Hall–Kier alpha value is -0.980. The van der Waals surface area contributed by atoms with Gasteiger partial charge in [0.25, 0.3) is 0 Å². The predicted molar refractivity (Wildman–Crippen MR) is 60.6 cm³/mol. The maximum absolute atomic E-state index is 5.59. The van der Waals surface area contributed by atoms with Crippen LogP contribution in [0.3, 0.4) is 0 Å². The van der Waals surface area contributed by atoms with E-state index in [9.17, 15) is 0 Å². The molecule has 0 heterocycles. The van der Waals surface area contributed by atoms with E-state index >= 15 is 0 Å². The highest BCUT2D eigenvalue weighted by atomic mass is 16.5. The zero-order valence-electron chi connectivity index (χ0n) is 9.20. The summed E-state index contributed by atoms with van der Waals surface area (Å²) in [7, 11) is 0. The van der Waals surface area contributed by atoms with Crippen LogP contribution < -0.4 is 4.74 Å². The molecule has 0 atom stereocenters. The van der Waals surface area contributed by atoms with Gasteiger partial charge in [0.15, 0.2) is 0 Å². The number of benzene rings is 1. The number of ether oxygens (including phenoxy) is 1. The van der Waals surface area contributed by atoms with E-state index in [1.54, 1.807) is 0 Å². The van der Waals surface area contributed by atoms with Gasteiger partial charge in [-0.2, -0.15) is 0 Å². The minimum Gasteiger partial charge on any atom is -0.494 e. The van der Waals surface area contributed by atoms with Crippen molar-refractivity contribution < 1.29 is 4.74 Å². The fourth-order valence-electron chi connectivity index (χ4n) is 1.36. The van der Waals surface area contributed by atoms with Gasteiger partial charge in [0.05, 0.1) is 6.61 Å². The molecule has 0 radical (unpaired) electrons. The molecule has 1 heteroatoms. The summed E-state index contributed by atoms with van der Waals surface area (Å²) in [6.07, 6.45) is 3.73. The normalized spacial score (nSPS) is 10.5. The lowest BCUT2D eigenvalue weighted by Gasteiger charge is -2.06. The summed E-state index contributed by atoms with van der Waals surface area (Å²) in [5.74, 6) is 1.80. The molecule has 0 aliphatic heterocycles. The number of para-hydroxylation sites is 1. The number of hydrogen-bond donors (Lipinski definition) is 0. The first kappa shape index (κ1) is 11.1. The van der Waals surface area contributed by atoms with Crippen molar-refractivity contribution in [3.8, 4) is 5.75 Å². The first-order chi connectivity index (χ1) is 6.79. The Morgan fingerprint density at radius 3 is 2.43 bits per heavy atom. The summed E-state index contributed by atoms with van der Waals surface area (Å²) in [5.41, 5.74) is 0. The molecule has 0 aromatic heterocycles. The summed E-state index contributed by atoms with van der Waals surface area (Å²) in [6.45, 7) is 5.37. The smallest absolute Gasteiger partial charge is 0.119 e. The minimum absolute atomic E-state index is 0.812. The number of unbranched alkanes of at least 4 members (excludes halogenated alkanes) is 1. The molecule has 1 rings (SSSR count). The topological polar surface area (TPSA) is 9.23 Å². The largest absolute Gasteiger partial charge is 0.494 e. The van der Waals surface area contributed by atoms with Crippen LogP contribution in [0.4, 0.5) is 0 Å².